The largest absolute Gasteiger partial charge is 0.260 e. The number of aliphatic imine (C=N–C) groups is 1. The molecule has 0 N–H and O–H groups in total. The molecule has 1 atom stereocenters. The third-order valence-corrected chi connectivity index (χ3v) is 4.76. The summed E-state index contributed by atoms with van der Waals surface area (Å²) in [5, 5.41) is 0. The first kappa shape index (κ1) is 10.9. The van der Waals surface area contributed by atoms with E-state index in [2.05, 4.69) is 11.1 Å². The van der Waals surface area contributed by atoms with Gasteiger partial charge in [-0.15, -0.1) is 0 Å². The molecule has 1 aromatic carbocycles. The van der Waals surface area contributed by atoms with Gasteiger partial charge in [0.15, 0.2) is 0 Å². The molecule has 4 nitrogen and oxygen atoms in total. The van der Waals surface area contributed by atoms with Gasteiger partial charge in [0.25, 0.3) is 0 Å². The molecule has 3 rings (SSSR count). The van der Waals surface area contributed by atoms with E-state index in [1.54, 1.807) is 0 Å². The highest BCUT2D eigenvalue weighted by Gasteiger charge is 2.39. The summed E-state index contributed by atoms with van der Waals surface area (Å²) in [6, 6.07) is 8.06. The van der Waals surface area contributed by atoms with Gasteiger partial charge in [-0.05, 0) is 17.5 Å². The minimum atomic E-state index is -3.02. The lowest BCUT2D eigenvalue weighted by molar-refractivity contribution is 0.194. The molecular formula is C12H14N2O2S. The van der Waals surface area contributed by atoms with Gasteiger partial charge in [-0.2, -0.15) is 0 Å². The number of rotatable bonds is 2. The third-order valence-electron chi connectivity index (χ3n) is 3.52. The molecule has 2 aliphatic heterocycles. The summed E-state index contributed by atoms with van der Waals surface area (Å²) >= 11 is 0. The van der Waals surface area contributed by atoms with Gasteiger partial charge in [0.1, 0.15) is 0 Å². The van der Waals surface area contributed by atoms with Crippen molar-refractivity contribution < 1.29 is 8.42 Å². The lowest BCUT2D eigenvalue weighted by atomic mass is 9.84. The second-order valence-corrected chi connectivity index (χ2v) is 6.69. The zero-order valence-corrected chi connectivity index (χ0v) is 10.4. The number of fused-ring (bicyclic) bond motifs is 1. The number of para-hydroxylation sites is 1. The van der Waals surface area contributed by atoms with E-state index in [0.29, 0.717) is 19.0 Å². The molecule has 0 amide bonds. The molecule has 0 radical (unpaired) electrons. The number of sulfonamides is 1. The highest BCUT2D eigenvalue weighted by atomic mass is 32.2. The fourth-order valence-corrected chi connectivity index (χ4v) is 3.40. The Morgan fingerprint density at radius 3 is 2.71 bits per heavy atom. The third kappa shape index (κ3) is 1.79. The number of hydrogen-bond acceptors (Lipinski definition) is 3. The Bertz CT molecular complexity index is 574. The van der Waals surface area contributed by atoms with Gasteiger partial charge in [0, 0.05) is 25.2 Å². The van der Waals surface area contributed by atoms with Crippen molar-refractivity contribution >= 4 is 21.9 Å². The van der Waals surface area contributed by atoms with Gasteiger partial charge in [-0.25, -0.2) is 12.7 Å². The first-order valence-corrected chi connectivity index (χ1v) is 7.49. The fourth-order valence-electron chi connectivity index (χ4n) is 2.47. The lowest BCUT2D eigenvalue weighted by Gasteiger charge is -2.40. The van der Waals surface area contributed by atoms with Crippen LogP contribution in [0.2, 0.25) is 0 Å². The van der Waals surface area contributed by atoms with Crippen LogP contribution in [0.25, 0.3) is 0 Å². The quantitative estimate of drug-likeness (QED) is 0.796. The molecule has 1 saturated heterocycles. The maximum atomic E-state index is 11.3. The Balaban J connectivity index is 1.76. The summed E-state index contributed by atoms with van der Waals surface area (Å²) in [6.07, 6.45) is 3.22. The van der Waals surface area contributed by atoms with E-state index in [0.717, 1.165) is 5.69 Å². The minimum absolute atomic E-state index is 0.282. The molecule has 0 bridgehead atoms. The van der Waals surface area contributed by atoms with Gasteiger partial charge in [0.2, 0.25) is 10.0 Å². The summed E-state index contributed by atoms with van der Waals surface area (Å²) in [5.74, 6) is 0.654. The van der Waals surface area contributed by atoms with Crippen LogP contribution in [0.4, 0.5) is 5.69 Å². The molecular weight excluding hydrogens is 236 g/mol. The van der Waals surface area contributed by atoms with Crippen LogP contribution in [0.5, 0.6) is 0 Å². The Hall–Kier alpha value is -1.20. The number of hydrogen-bond donors (Lipinski definition) is 0. The Kier molecular flexibility index (Phi) is 2.34. The van der Waals surface area contributed by atoms with Crippen LogP contribution >= 0.6 is 0 Å². The summed E-state index contributed by atoms with van der Waals surface area (Å²) in [6.45, 7) is 1.23. The Labute approximate surface area is 101 Å². The van der Waals surface area contributed by atoms with E-state index < -0.39 is 10.0 Å². The van der Waals surface area contributed by atoms with Crippen LogP contribution < -0.4 is 0 Å². The van der Waals surface area contributed by atoms with E-state index in [9.17, 15) is 8.42 Å². The van der Waals surface area contributed by atoms with E-state index in [1.165, 1.54) is 16.1 Å². The molecule has 17 heavy (non-hydrogen) atoms. The van der Waals surface area contributed by atoms with Crippen molar-refractivity contribution in [1.82, 2.24) is 4.31 Å². The summed E-state index contributed by atoms with van der Waals surface area (Å²) in [7, 11) is -3.02. The SMILES string of the molecule is CS(=O)(=O)N1CC(C2C=Nc3ccccc32)C1. The molecule has 2 heterocycles. The van der Waals surface area contributed by atoms with Crippen molar-refractivity contribution in [3.63, 3.8) is 0 Å². The molecule has 1 unspecified atom stereocenters. The van der Waals surface area contributed by atoms with E-state index in [4.69, 9.17) is 0 Å². The van der Waals surface area contributed by atoms with Crippen LogP contribution in [-0.2, 0) is 10.0 Å². The second kappa shape index (κ2) is 3.65. The smallest absolute Gasteiger partial charge is 0.211 e. The molecule has 2 aliphatic rings. The fraction of sp³-hybridized carbons (Fsp3) is 0.417. The molecule has 1 fully saturated rings. The second-order valence-electron chi connectivity index (χ2n) is 4.70. The van der Waals surface area contributed by atoms with Gasteiger partial charge in [0.05, 0.1) is 11.9 Å². The van der Waals surface area contributed by atoms with Crippen molar-refractivity contribution in [1.29, 1.82) is 0 Å². The minimum Gasteiger partial charge on any atom is -0.260 e. The van der Waals surface area contributed by atoms with Crippen molar-refractivity contribution in [3.8, 4) is 0 Å². The van der Waals surface area contributed by atoms with Crippen molar-refractivity contribution in [2.75, 3.05) is 19.3 Å². The van der Waals surface area contributed by atoms with Crippen molar-refractivity contribution in [2.24, 2.45) is 10.9 Å². The standard InChI is InChI=1S/C12H14N2O2S/c1-17(15,16)14-7-9(8-14)11-6-13-12-5-3-2-4-10(11)12/h2-6,9,11H,7-8H2,1H3. The van der Waals surface area contributed by atoms with Crippen molar-refractivity contribution in [2.45, 2.75) is 5.92 Å². The average molecular weight is 250 g/mol. The summed E-state index contributed by atoms with van der Waals surface area (Å²) in [5.41, 5.74) is 2.25. The monoisotopic (exact) mass is 250 g/mol. The molecule has 1 aromatic rings. The molecule has 0 saturated carbocycles. The molecule has 0 aliphatic carbocycles. The topological polar surface area (TPSA) is 49.7 Å². The Morgan fingerprint density at radius 2 is 2.00 bits per heavy atom. The first-order chi connectivity index (χ1) is 8.05. The zero-order chi connectivity index (χ0) is 12.0. The van der Waals surface area contributed by atoms with Gasteiger partial charge in [-0.1, -0.05) is 18.2 Å². The maximum absolute atomic E-state index is 11.3. The van der Waals surface area contributed by atoms with Crippen LogP contribution in [0.1, 0.15) is 11.5 Å². The first-order valence-electron chi connectivity index (χ1n) is 5.64. The van der Waals surface area contributed by atoms with Crippen molar-refractivity contribution in [3.05, 3.63) is 29.8 Å². The highest BCUT2D eigenvalue weighted by Crippen LogP contribution is 2.40. The normalized spacial score (nSPS) is 24.6. The molecule has 0 spiro atoms. The lowest BCUT2D eigenvalue weighted by Crippen LogP contribution is -2.51. The predicted molar refractivity (Wildman–Crippen MR) is 67.2 cm³/mol. The maximum Gasteiger partial charge on any atom is 0.211 e. The van der Waals surface area contributed by atoms with E-state index in [-0.39, 0.29) is 5.92 Å². The van der Waals surface area contributed by atoms with Gasteiger partial charge < -0.3 is 0 Å². The highest BCUT2D eigenvalue weighted by molar-refractivity contribution is 7.88. The molecule has 90 valence electrons. The van der Waals surface area contributed by atoms with E-state index in [1.807, 2.05) is 24.4 Å². The van der Waals surface area contributed by atoms with E-state index >= 15 is 0 Å². The average Bonchev–Trinajstić information content (AvgIpc) is 2.58. The summed E-state index contributed by atoms with van der Waals surface area (Å²) in [4.78, 5) is 4.38. The van der Waals surface area contributed by atoms with Gasteiger partial charge >= 0.3 is 0 Å². The van der Waals surface area contributed by atoms with Crippen LogP contribution in [-0.4, -0.2) is 38.3 Å². The van der Waals surface area contributed by atoms with Crippen LogP contribution in [0, 0.1) is 5.92 Å². The molecule has 0 aromatic heterocycles. The number of nitrogens with zero attached hydrogens (tertiary/aromatic N) is 2. The van der Waals surface area contributed by atoms with Crippen LogP contribution in [0.3, 0.4) is 0 Å². The zero-order valence-electron chi connectivity index (χ0n) is 9.57. The van der Waals surface area contributed by atoms with Gasteiger partial charge in [-0.3, -0.25) is 4.99 Å². The van der Waals surface area contributed by atoms with Crippen LogP contribution in [0.15, 0.2) is 29.3 Å². The Morgan fingerprint density at radius 1 is 1.29 bits per heavy atom. The summed E-state index contributed by atoms with van der Waals surface area (Å²) < 4.78 is 24.1. The predicted octanol–water partition coefficient (Wildman–Crippen LogP) is 1.38. The number of benzene rings is 1. The molecule has 5 heteroatoms.